The zero-order valence-corrected chi connectivity index (χ0v) is 11.2. The van der Waals surface area contributed by atoms with Gasteiger partial charge in [-0.1, -0.05) is 12.2 Å². The quantitative estimate of drug-likeness (QED) is 0.784. The van der Waals surface area contributed by atoms with Gasteiger partial charge in [-0.2, -0.15) is 0 Å². The molecule has 3 N–H and O–H groups in total. The average molecular weight is 269 g/mol. The van der Waals surface area contributed by atoms with Crippen molar-refractivity contribution >= 4 is 28.8 Å². The summed E-state index contributed by atoms with van der Waals surface area (Å²) in [5.74, 6) is -0.596. The summed E-state index contributed by atoms with van der Waals surface area (Å²) in [6, 6.07) is 4.51. The van der Waals surface area contributed by atoms with Crippen LogP contribution in [-0.2, 0) is 4.79 Å². The van der Waals surface area contributed by atoms with E-state index in [0.717, 1.165) is 0 Å². The molecule has 0 radical (unpaired) electrons. The van der Waals surface area contributed by atoms with Crippen molar-refractivity contribution in [1.29, 1.82) is 0 Å². The van der Waals surface area contributed by atoms with Gasteiger partial charge in [0, 0.05) is 24.8 Å². The summed E-state index contributed by atoms with van der Waals surface area (Å²) in [5, 5.41) is 2.68. The van der Waals surface area contributed by atoms with Gasteiger partial charge in [-0.3, -0.25) is 4.79 Å². The van der Waals surface area contributed by atoms with E-state index >= 15 is 0 Å². The van der Waals surface area contributed by atoms with Crippen molar-refractivity contribution in [3.63, 3.8) is 0 Å². The lowest BCUT2D eigenvalue weighted by Crippen LogP contribution is -2.35. The first-order chi connectivity index (χ1) is 8.45. The second-order valence-electron chi connectivity index (χ2n) is 3.84. The van der Waals surface area contributed by atoms with Gasteiger partial charge < -0.3 is 16.0 Å². The lowest BCUT2D eigenvalue weighted by Gasteiger charge is -2.19. The summed E-state index contributed by atoms with van der Waals surface area (Å²) in [7, 11) is 1.71. The Kier molecular flexibility index (Phi) is 5.03. The van der Waals surface area contributed by atoms with Crippen molar-refractivity contribution in [2.45, 2.75) is 6.92 Å². The van der Waals surface area contributed by atoms with Crippen molar-refractivity contribution in [2.75, 3.05) is 25.0 Å². The Hall–Kier alpha value is -1.69. The van der Waals surface area contributed by atoms with Crippen LogP contribution in [0, 0.1) is 5.82 Å². The minimum absolute atomic E-state index is 0.0189. The van der Waals surface area contributed by atoms with Crippen LogP contribution in [0.1, 0.15) is 12.5 Å². The van der Waals surface area contributed by atoms with Gasteiger partial charge >= 0.3 is 0 Å². The highest BCUT2D eigenvalue weighted by Crippen LogP contribution is 2.17. The molecule has 1 aromatic rings. The number of likely N-dealkylation sites (N-methyl/N-ethyl adjacent to an activating group) is 2. The average Bonchev–Trinajstić information content (AvgIpc) is 2.28. The largest absolute Gasteiger partial charge is 0.389 e. The molecular formula is C12H16FN3OS. The molecule has 4 nitrogen and oxygen atoms in total. The number of thiocarbonyl (C=S) groups is 1. The van der Waals surface area contributed by atoms with Crippen LogP contribution in [0.4, 0.5) is 10.1 Å². The molecule has 1 amide bonds. The number of carbonyl (C=O) groups is 1. The smallest absolute Gasteiger partial charge is 0.239 e. The fraction of sp³-hybridized carbons (Fsp3) is 0.333. The van der Waals surface area contributed by atoms with E-state index in [0.29, 0.717) is 12.2 Å². The predicted octanol–water partition coefficient (Wildman–Crippen LogP) is 1.03. The van der Waals surface area contributed by atoms with E-state index in [1.807, 2.05) is 6.92 Å². The first-order valence-corrected chi connectivity index (χ1v) is 5.93. The van der Waals surface area contributed by atoms with Crippen molar-refractivity contribution < 1.29 is 9.18 Å². The predicted molar refractivity (Wildman–Crippen MR) is 74.2 cm³/mol. The number of nitrogens with one attached hydrogen (secondary N) is 1. The van der Waals surface area contributed by atoms with Crippen LogP contribution in [0.5, 0.6) is 0 Å². The van der Waals surface area contributed by atoms with Gasteiger partial charge in [-0.25, -0.2) is 4.39 Å². The van der Waals surface area contributed by atoms with Crippen LogP contribution in [0.25, 0.3) is 0 Å². The maximum absolute atomic E-state index is 13.7. The highest BCUT2D eigenvalue weighted by atomic mass is 32.1. The van der Waals surface area contributed by atoms with Gasteiger partial charge in [0.1, 0.15) is 10.8 Å². The van der Waals surface area contributed by atoms with Gasteiger partial charge in [0.25, 0.3) is 0 Å². The summed E-state index contributed by atoms with van der Waals surface area (Å²) in [4.78, 5) is 13.1. The summed E-state index contributed by atoms with van der Waals surface area (Å²) in [6.07, 6.45) is 0. The summed E-state index contributed by atoms with van der Waals surface area (Å²) in [6.45, 7) is 2.58. The third-order valence-corrected chi connectivity index (χ3v) is 2.63. The third-order valence-electron chi connectivity index (χ3n) is 2.41. The molecule has 0 saturated heterocycles. The SMILES string of the molecule is CCNC(=O)CN(C)c1ccc(C(N)=S)c(F)c1. The van der Waals surface area contributed by atoms with E-state index in [1.54, 1.807) is 18.0 Å². The second kappa shape index (κ2) is 6.30. The minimum atomic E-state index is -0.484. The van der Waals surface area contributed by atoms with Crippen LogP contribution in [0.3, 0.4) is 0 Å². The number of benzene rings is 1. The molecule has 0 atom stereocenters. The van der Waals surface area contributed by atoms with Crippen LogP contribution >= 0.6 is 12.2 Å². The maximum Gasteiger partial charge on any atom is 0.239 e. The Morgan fingerprint density at radius 1 is 1.56 bits per heavy atom. The minimum Gasteiger partial charge on any atom is -0.389 e. The van der Waals surface area contributed by atoms with Crippen LogP contribution < -0.4 is 16.0 Å². The molecule has 1 rings (SSSR count). The van der Waals surface area contributed by atoms with Crippen LogP contribution in [0.2, 0.25) is 0 Å². The zero-order chi connectivity index (χ0) is 13.7. The van der Waals surface area contributed by atoms with E-state index in [2.05, 4.69) is 5.32 Å². The molecule has 0 fully saturated rings. The number of amides is 1. The highest BCUT2D eigenvalue weighted by molar-refractivity contribution is 7.80. The fourth-order valence-electron chi connectivity index (χ4n) is 1.50. The standard InChI is InChI=1S/C12H16FN3OS/c1-3-15-11(17)7-16(2)8-4-5-9(12(14)18)10(13)6-8/h4-6H,3,7H2,1-2H3,(H2,14,18)(H,15,17). The molecule has 6 heteroatoms. The molecule has 0 aromatic heterocycles. The number of anilines is 1. The Balaban J connectivity index is 2.81. The molecule has 0 aliphatic carbocycles. The lowest BCUT2D eigenvalue weighted by molar-refractivity contribution is -0.119. The molecule has 18 heavy (non-hydrogen) atoms. The number of hydrogen-bond acceptors (Lipinski definition) is 3. The molecule has 0 spiro atoms. The van der Waals surface area contributed by atoms with Crippen LogP contribution in [0.15, 0.2) is 18.2 Å². The normalized spacial score (nSPS) is 9.94. The van der Waals surface area contributed by atoms with E-state index in [1.165, 1.54) is 12.1 Å². The summed E-state index contributed by atoms with van der Waals surface area (Å²) < 4.78 is 13.7. The molecule has 0 unspecified atom stereocenters. The van der Waals surface area contributed by atoms with Crippen molar-refractivity contribution in [1.82, 2.24) is 5.32 Å². The number of hydrogen-bond donors (Lipinski definition) is 2. The number of nitrogens with zero attached hydrogens (tertiary/aromatic N) is 1. The van der Waals surface area contributed by atoms with Crippen molar-refractivity contribution in [3.8, 4) is 0 Å². The van der Waals surface area contributed by atoms with Gasteiger partial charge in [-0.05, 0) is 25.1 Å². The summed E-state index contributed by atoms with van der Waals surface area (Å²) >= 11 is 4.72. The molecular weight excluding hydrogens is 253 g/mol. The number of carbonyl (C=O) groups excluding carboxylic acids is 1. The molecule has 0 aliphatic heterocycles. The van der Waals surface area contributed by atoms with Crippen molar-refractivity contribution in [3.05, 3.63) is 29.6 Å². The van der Waals surface area contributed by atoms with Crippen LogP contribution in [-0.4, -0.2) is 31.0 Å². The van der Waals surface area contributed by atoms with E-state index < -0.39 is 5.82 Å². The Bertz CT molecular complexity index is 465. The lowest BCUT2D eigenvalue weighted by atomic mass is 10.2. The number of halogens is 1. The topological polar surface area (TPSA) is 58.4 Å². The first kappa shape index (κ1) is 14.4. The maximum atomic E-state index is 13.7. The number of nitrogens with two attached hydrogens (primary N) is 1. The number of rotatable bonds is 5. The highest BCUT2D eigenvalue weighted by Gasteiger charge is 2.10. The molecule has 0 heterocycles. The van der Waals surface area contributed by atoms with Gasteiger partial charge in [-0.15, -0.1) is 0 Å². The first-order valence-electron chi connectivity index (χ1n) is 5.53. The molecule has 98 valence electrons. The van der Waals surface area contributed by atoms with Gasteiger partial charge in [0.05, 0.1) is 6.54 Å². The summed E-state index contributed by atoms with van der Waals surface area (Å²) in [5.41, 5.74) is 6.18. The monoisotopic (exact) mass is 269 g/mol. The van der Waals surface area contributed by atoms with E-state index in [9.17, 15) is 9.18 Å². The van der Waals surface area contributed by atoms with Gasteiger partial charge in [0.2, 0.25) is 5.91 Å². The molecule has 0 saturated carbocycles. The molecule has 0 bridgehead atoms. The van der Waals surface area contributed by atoms with E-state index in [-0.39, 0.29) is 23.0 Å². The third kappa shape index (κ3) is 3.66. The Morgan fingerprint density at radius 3 is 2.72 bits per heavy atom. The Labute approximate surface area is 111 Å². The Morgan fingerprint density at radius 2 is 2.22 bits per heavy atom. The second-order valence-corrected chi connectivity index (χ2v) is 4.28. The molecule has 1 aromatic carbocycles. The fourth-order valence-corrected chi connectivity index (χ4v) is 1.67. The van der Waals surface area contributed by atoms with Crippen molar-refractivity contribution in [2.24, 2.45) is 5.73 Å². The zero-order valence-electron chi connectivity index (χ0n) is 10.4. The van der Waals surface area contributed by atoms with E-state index in [4.69, 9.17) is 18.0 Å². The molecule has 0 aliphatic rings. The van der Waals surface area contributed by atoms with Gasteiger partial charge in [0.15, 0.2) is 0 Å².